The Morgan fingerprint density at radius 2 is 2.17 bits per heavy atom. The Balaban J connectivity index is 1.94. The van der Waals surface area contributed by atoms with E-state index in [1.165, 1.54) is 6.07 Å². The van der Waals surface area contributed by atoms with Gasteiger partial charge in [0.2, 0.25) is 0 Å². The summed E-state index contributed by atoms with van der Waals surface area (Å²) < 4.78 is 5.14. The molecule has 1 aliphatic heterocycles. The van der Waals surface area contributed by atoms with E-state index < -0.39 is 5.60 Å². The highest BCUT2D eigenvalue weighted by Gasteiger charge is 2.31. The first kappa shape index (κ1) is 13.9. The minimum Gasteiger partial charge on any atom is -0.506 e. The van der Waals surface area contributed by atoms with Gasteiger partial charge in [-0.3, -0.25) is 0 Å². The minimum atomic E-state index is -0.821. The van der Waals surface area contributed by atoms with Gasteiger partial charge in [-0.1, -0.05) is 23.2 Å². The third-order valence-electron chi connectivity index (χ3n) is 2.96. The van der Waals surface area contributed by atoms with Crippen LogP contribution in [0, 0.1) is 0 Å². The number of hydrogen-bond acceptors (Lipinski definition) is 4. The fourth-order valence-electron chi connectivity index (χ4n) is 1.92. The van der Waals surface area contributed by atoms with Gasteiger partial charge >= 0.3 is 0 Å². The third kappa shape index (κ3) is 3.28. The van der Waals surface area contributed by atoms with Gasteiger partial charge in [0.1, 0.15) is 11.4 Å². The molecule has 100 valence electrons. The average Bonchev–Trinajstić information content (AvgIpc) is 2.72. The summed E-state index contributed by atoms with van der Waals surface area (Å²) in [6.07, 6.45) is 0.613. The molecule has 1 fully saturated rings. The first-order valence-electron chi connectivity index (χ1n) is 5.68. The molecule has 2 rings (SSSR count). The van der Waals surface area contributed by atoms with E-state index >= 15 is 0 Å². The van der Waals surface area contributed by atoms with Gasteiger partial charge in [-0.2, -0.15) is 0 Å². The molecule has 0 spiro atoms. The van der Waals surface area contributed by atoms with Gasteiger partial charge in [0.15, 0.2) is 0 Å². The van der Waals surface area contributed by atoms with E-state index in [1.807, 2.05) is 0 Å². The maximum Gasteiger partial charge on any atom is 0.138 e. The molecule has 1 aromatic rings. The van der Waals surface area contributed by atoms with Gasteiger partial charge in [-0.05, 0) is 12.1 Å². The lowest BCUT2D eigenvalue weighted by atomic mass is 10.0. The van der Waals surface area contributed by atoms with Crippen molar-refractivity contribution in [3.05, 3.63) is 27.7 Å². The summed E-state index contributed by atoms with van der Waals surface area (Å²) >= 11 is 11.7. The molecule has 4 nitrogen and oxygen atoms in total. The summed E-state index contributed by atoms with van der Waals surface area (Å²) in [6, 6.07) is 3.13. The lowest BCUT2D eigenvalue weighted by Gasteiger charge is -2.21. The lowest BCUT2D eigenvalue weighted by Crippen LogP contribution is -2.40. The molecule has 6 heteroatoms. The summed E-state index contributed by atoms with van der Waals surface area (Å²) in [4.78, 5) is 0. The predicted octanol–water partition coefficient (Wildman–Crippen LogP) is 1.94. The summed E-state index contributed by atoms with van der Waals surface area (Å²) in [7, 11) is 0. The fourth-order valence-corrected chi connectivity index (χ4v) is 2.46. The summed E-state index contributed by atoms with van der Waals surface area (Å²) in [5.41, 5.74) is -0.215. The molecule has 0 amide bonds. The normalized spacial score (nSPS) is 23.5. The van der Waals surface area contributed by atoms with Gasteiger partial charge in [-0.25, -0.2) is 0 Å². The second-order valence-corrected chi connectivity index (χ2v) is 5.37. The van der Waals surface area contributed by atoms with Crippen molar-refractivity contribution in [1.29, 1.82) is 0 Å². The van der Waals surface area contributed by atoms with E-state index in [4.69, 9.17) is 27.9 Å². The Morgan fingerprint density at radius 1 is 1.39 bits per heavy atom. The van der Waals surface area contributed by atoms with Gasteiger partial charge in [0, 0.05) is 36.7 Å². The van der Waals surface area contributed by atoms with Gasteiger partial charge < -0.3 is 20.3 Å². The fraction of sp³-hybridized carbons (Fsp3) is 0.500. The molecule has 1 atom stereocenters. The smallest absolute Gasteiger partial charge is 0.138 e. The molecule has 0 saturated carbocycles. The van der Waals surface area contributed by atoms with Crippen LogP contribution in [0.4, 0.5) is 0 Å². The first-order chi connectivity index (χ1) is 8.50. The van der Waals surface area contributed by atoms with E-state index in [2.05, 4.69) is 5.32 Å². The summed E-state index contributed by atoms with van der Waals surface area (Å²) in [5.74, 6) is 0.0169. The number of rotatable bonds is 4. The SMILES string of the molecule is Oc1c(Cl)cc(Cl)cc1CNCC1(O)CCOC1. The molecule has 1 saturated heterocycles. The van der Waals surface area contributed by atoms with E-state index in [0.29, 0.717) is 43.3 Å². The van der Waals surface area contributed by atoms with E-state index in [9.17, 15) is 10.2 Å². The van der Waals surface area contributed by atoms with E-state index in [1.54, 1.807) is 6.07 Å². The minimum absolute atomic E-state index is 0.0169. The van der Waals surface area contributed by atoms with Crippen LogP contribution in [0.25, 0.3) is 0 Å². The van der Waals surface area contributed by atoms with E-state index in [0.717, 1.165) is 0 Å². The van der Waals surface area contributed by atoms with Crippen LogP contribution in [0.5, 0.6) is 5.75 Å². The van der Waals surface area contributed by atoms with Crippen molar-refractivity contribution >= 4 is 23.2 Å². The molecule has 0 bridgehead atoms. The summed E-state index contributed by atoms with van der Waals surface area (Å²) in [6.45, 7) is 1.69. The number of halogens is 2. The zero-order chi connectivity index (χ0) is 13.2. The van der Waals surface area contributed by atoms with Crippen molar-refractivity contribution in [1.82, 2.24) is 5.32 Å². The van der Waals surface area contributed by atoms with Gasteiger partial charge in [-0.15, -0.1) is 0 Å². The number of phenols is 1. The topological polar surface area (TPSA) is 61.7 Å². The lowest BCUT2D eigenvalue weighted by molar-refractivity contribution is 0.0268. The third-order valence-corrected chi connectivity index (χ3v) is 3.47. The zero-order valence-electron chi connectivity index (χ0n) is 9.75. The molecule has 1 heterocycles. The molecule has 18 heavy (non-hydrogen) atoms. The monoisotopic (exact) mass is 291 g/mol. The Hall–Kier alpha value is -0.520. The van der Waals surface area contributed by atoms with Crippen molar-refractivity contribution in [3.8, 4) is 5.75 Å². The van der Waals surface area contributed by atoms with Crippen LogP contribution in [0.1, 0.15) is 12.0 Å². The number of aliphatic hydroxyl groups is 1. The molecular weight excluding hydrogens is 277 g/mol. The Bertz CT molecular complexity index is 434. The highest BCUT2D eigenvalue weighted by atomic mass is 35.5. The molecule has 1 aromatic carbocycles. The van der Waals surface area contributed by atoms with Crippen molar-refractivity contribution in [2.45, 2.75) is 18.6 Å². The van der Waals surface area contributed by atoms with Crippen LogP contribution in [0.15, 0.2) is 12.1 Å². The number of aromatic hydroxyl groups is 1. The van der Waals surface area contributed by atoms with Crippen LogP contribution in [0.3, 0.4) is 0 Å². The Morgan fingerprint density at radius 3 is 2.83 bits per heavy atom. The highest BCUT2D eigenvalue weighted by Crippen LogP contribution is 2.31. The van der Waals surface area contributed by atoms with Crippen molar-refractivity contribution in [2.75, 3.05) is 19.8 Å². The zero-order valence-corrected chi connectivity index (χ0v) is 11.3. The maximum absolute atomic E-state index is 10.0. The largest absolute Gasteiger partial charge is 0.506 e. The number of phenolic OH excluding ortho intramolecular Hbond substituents is 1. The number of benzene rings is 1. The van der Waals surface area contributed by atoms with Crippen LogP contribution in [0.2, 0.25) is 10.0 Å². The predicted molar refractivity (Wildman–Crippen MR) is 70.2 cm³/mol. The number of ether oxygens (including phenoxy) is 1. The number of nitrogens with one attached hydrogen (secondary N) is 1. The number of hydrogen-bond donors (Lipinski definition) is 3. The Labute approximate surface area is 115 Å². The van der Waals surface area contributed by atoms with Crippen LogP contribution < -0.4 is 5.32 Å². The van der Waals surface area contributed by atoms with Crippen molar-refractivity contribution < 1.29 is 14.9 Å². The van der Waals surface area contributed by atoms with Crippen LogP contribution in [-0.2, 0) is 11.3 Å². The average molecular weight is 292 g/mol. The highest BCUT2D eigenvalue weighted by molar-refractivity contribution is 6.35. The molecule has 1 unspecified atom stereocenters. The van der Waals surface area contributed by atoms with Gasteiger partial charge in [0.05, 0.1) is 11.6 Å². The van der Waals surface area contributed by atoms with Crippen molar-refractivity contribution in [2.24, 2.45) is 0 Å². The van der Waals surface area contributed by atoms with Crippen molar-refractivity contribution in [3.63, 3.8) is 0 Å². The molecular formula is C12H15Cl2NO3. The molecule has 0 aromatic heterocycles. The molecule has 3 N–H and O–H groups in total. The maximum atomic E-state index is 10.0. The standard InChI is InChI=1S/C12H15Cl2NO3/c13-9-3-8(11(16)10(14)4-9)5-15-6-12(17)1-2-18-7-12/h3-4,15-17H,1-2,5-7H2. The molecule has 0 aliphatic carbocycles. The van der Waals surface area contributed by atoms with Crippen LogP contribution >= 0.6 is 23.2 Å². The Kier molecular flexibility index (Phi) is 4.35. The quantitative estimate of drug-likeness (QED) is 0.793. The first-order valence-corrected chi connectivity index (χ1v) is 6.43. The second-order valence-electron chi connectivity index (χ2n) is 4.53. The van der Waals surface area contributed by atoms with Gasteiger partial charge in [0.25, 0.3) is 0 Å². The molecule has 1 aliphatic rings. The molecule has 0 radical (unpaired) electrons. The second kappa shape index (κ2) is 5.63. The summed E-state index contributed by atoms with van der Waals surface area (Å²) in [5, 5.41) is 23.6. The van der Waals surface area contributed by atoms with Crippen LogP contribution in [-0.4, -0.2) is 35.6 Å². The van der Waals surface area contributed by atoms with E-state index in [-0.39, 0.29) is 10.8 Å².